The zero-order chi connectivity index (χ0) is 98.5. The third kappa shape index (κ3) is 29.8. The Balaban J connectivity index is 0.537. The van der Waals surface area contributed by atoms with Gasteiger partial charge in [-0.15, -0.1) is 5.10 Å². The van der Waals surface area contributed by atoms with E-state index in [9.17, 15) is 48.6 Å². The second kappa shape index (κ2) is 52.3. The monoisotopic (exact) mass is 1920 g/mol. The summed E-state index contributed by atoms with van der Waals surface area (Å²) in [5.74, 6) is -8.91. The molecule has 1 aliphatic carbocycles. The van der Waals surface area contributed by atoms with Gasteiger partial charge in [-0.05, 0) is 163 Å². The van der Waals surface area contributed by atoms with Gasteiger partial charge < -0.3 is 92.8 Å². The van der Waals surface area contributed by atoms with Crippen LogP contribution in [0.3, 0.4) is 0 Å². The van der Waals surface area contributed by atoms with Crippen molar-refractivity contribution >= 4 is 68.9 Å². The zero-order valence-corrected chi connectivity index (χ0v) is 80.9. The van der Waals surface area contributed by atoms with E-state index in [2.05, 4.69) is 25.6 Å². The molecule has 0 spiro atoms. The fraction of sp³-hybridized carbons (Fsp3) is 0.620. The number of ether oxygens (including phenoxy) is 12. The number of aryl methyl sites for hydroxylation is 2. The van der Waals surface area contributed by atoms with Gasteiger partial charge >= 0.3 is 23.9 Å². The number of unbranched alkanes of at least 4 members (excludes halogenated alkanes) is 1. The number of Topliss-reactive ketones (excluding diaryl/α,β-unsaturated/α-hetero) is 3. The van der Waals surface area contributed by atoms with E-state index in [-0.39, 0.29) is 131 Å². The maximum Gasteiger partial charge on any atom is 0.418 e. The van der Waals surface area contributed by atoms with Gasteiger partial charge in [0.05, 0.1) is 177 Å². The molecular formula is C100H139F3N12O22. The van der Waals surface area contributed by atoms with Crippen LogP contribution in [0, 0.1) is 35.5 Å². The number of piperidine rings is 1. The number of alkyl halides is 3. The van der Waals surface area contributed by atoms with E-state index >= 15 is 13.2 Å². The predicted molar refractivity (Wildman–Crippen MR) is 504 cm³/mol. The number of piperazine rings is 1. The maximum absolute atomic E-state index is 15.0. The molecule has 0 unspecified atom stereocenters. The number of ketones is 3. The third-order valence-corrected chi connectivity index (χ3v) is 26.8. The van der Waals surface area contributed by atoms with Crippen molar-refractivity contribution < 1.29 is 114 Å². The van der Waals surface area contributed by atoms with Gasteiger partial charge in [0.1, 0.15) is 23.7 Å². The first-order valence-corrected chi connectivity index (χ1v) is 48.0. The fourth-order valence-electron chi connectivity index (χ4n) is 18.6. The van der Waals surface area contributed by atoms with E-state index in [0.717, 1.165) is 40.6 Å². The number of aliphatic hydroxyl groups excluding tert-OH is 1. The Hall–Kier alpha value is -10.0. The molecule has 37 heteroatoms. The highest BCUT2D eigenvalue weighted by molar-refractivity contribution is 6.39. The highest BCUT2D eigenvalue weighted by Crippen LogP contribution is 2.42. The summed E-state index contributed by atoms with van der Waals surface area (Å²) in [6.07, 6.45) is 13.5. The Labute approximate surface area is 798 Å². The van der Waals surface area contributed by atoms with Crippen molar-refractivity contribution in [2.45, 2.75) is 218 Å². The average molecular weight is 1920 g/mol. The third-order valence-electron chi connectivity index (χ3n) is 26.8. The van der Waals surface area contributed by atoms with Gasteiger partial charge in [0.2, 0.25) is 17.6 Å². The van der Waals surface area contributed by atoms with Crippen LogP contribution < -0.4 is 26.4 Å². The number of esters is 1. The number of nitrogens with one attached hydrogen (secondary N) is 1. The van der Waals surface area contributed by atoms with Crippen molar-refractivity contribution in [3.8, 4) is 22.7 Å². The lowest BCUT2D eigenvalue weighted by Gasteiger charge is -2.43. The summed E-state index contributed by atoms with van der Waals surface area (Å²) in [4.78, 5) is 125. The number of hydrogen-bond acceptors (Lipinski definition) is 28. The van der Waals surface area contributed by atoms with Gasteiger partial charge in [-0.25, -0.2) is 24.0 Å². The average Bonchev–Trinajstić information content (AvgIpc) is 1.58. The number of methoxy groups -OCH3 is 3. The molecule has 137 heavy (non-hydrogen) atoms. The number of amides is 3. The summed E-state index contributed by atoms with van der Waals surface area (Å²) in [5, 5.41) is 35.9. The van der Waals surface area contributed by atoms with Crippen LogP contribution >= 0.6 is 0 Å². The molecule has 4 aromatic heterocycles. The lowest BCUT2D eigenvalue weighted by Crippen LogP contribution is -2.61. The largest absolute Gasteiger partial charge is 0.481 e. The molecule has 4 aliphatic heterocycles. The summed E-state index contributed by atoms with van der Waals surface area (Å²) >= 11 is 0. The predicted octanol–water partition coefficient (Wildman–Crippen LogP) is 11.0. The van der Waals surface area contributed by atoms with E-state index in [1.54, 1.807) is 93.0 Å². The second-order valence-corrected chi connectivity index (χ2v) is 36.6. The summed E-state index contributed by atoms with van der Waals surface area (Å²) in [7, 11) is 5.95. The lowest BCUT2D eigenvalue weighted by atomic mass is 9.80. The number of benzene rings is 2. The zero-order valence-electron chi connectivity index (χ0n) is 80.9. The van der Waals surface area contributed by atoms with Crippen molar-refractivity contribution in [1.82, 2.24) is 49.2 Å². The number of pyridine rings is 2. The molecule has 3 saturated heterocycles. The first kappa shape index (κ1) is 107. The number of nitrogens with zero attached hydrogens (tertiary/aromatic N) is 10. The number of cyclic esters (lactones) is 1. The highest BCUT2D eigenvalue weighted by atomic mass is 19.4. The number of alkyl carbamates (subject to hydrolysis) is 1. The summed E-state index contributed by atoms with van der Waals surface area (Å²) in [5.41, 5.74) is 10.6. The van der Waals surface area contributed by atoms with Gasteiger partial charge in [0.25, 0.3) is 11.7 Å². The van der Waals surface area contributed by atoms with Gasteiger partial charge in [-0.2, -0.15) is 13.2 Å². The number of hydrogen-bond donors (Lipinski definition) is 4. The van der Waals surface area contributed by atoms with Crippen molar-refractivity contribution in [3.05, 3.63) is 136 Å². The van der Waals surface area contributed by atoms with Gasteiger partial charge in [-0.1, -0.05) is 87.9 Å². The first-order valence-electron chi connectivity index (χ1n) is 48.0. The minimum absolute atomic E-state index is 0.00456. The van der Waals surface area contributed by atoms with Gasteiger partial charge in [0.15, 0.2) is 0 Å². The number of carbonyl (C=O) groups excluding carboxylic acids is 7. The lowest BCUT2D eigenvalue weighted by molar-refractivity contribution is -0.264. The molecule has 1 saturated carbocycles. The summed E-state index contributed by atoms with van der Waals surface area (Å²) in [6, 6.07) is 10.2. The van der Waals surface area contributed by atoms with E-state index < -0.39 is 107 Å². The number of allylic oxidation sites excluding steroid dienone is 6. The molecule has 6 aromatic rings. The summed E-state index contributed by atoms with van der Waals surface area (Å²) < 4.78 is 119. The van der Waals surface area contributed by atoms with E-state index in [1.165, 1.54) is 35.5 Å². The molecule has 4 fully saturated rings. The van der Waals surface area contributed by atoms with Crippen LogP contribution in [0.4, 0.5) is 23.7 Å². The van der Waals surface area contributed by atoms with Crippen LogP contribution in [0.25, 0.3) is 38.8 Å². The minimum atomic E-state index is -4.77. The van der Waals surface area contributed by atoms with Gasteiger partial charge in [0, 0.05) is 125 Å². The number of nitrogens with two attached hydrogens (primary N) is 1. The second-order valence-electron chi connectivity index (χ2n) is 36.6. The normalized spacial score (nSPS) is 26.2. The Bertz CT molecular complexity index is 5170. The van der Waals surface area contributed by atoms with Crippen LogP contribution in [0.15, 0.2) is 120 Å². The number of fused-ring (bicyclic) bond motifs is 6. The number of rotatable bonds is 36. The Morgan fingerprint density at radius 2 is 1.42 bits per heavy atom. The van der Waals surface area contributed by atoms with Gasteiger partial charge in [-0.3, -0.25) is 38.1 Å². The summed E-state index contributed by atoms with van der Waals surface area (Å²) in [6.45, 7) is 18.1. The Morgan fingerprint density at radius 1 is 0.723 bits per heavy atom. The SMILES string of the molecule is COC(=O)N[C@H]1C[C@@H]2CC[C@@H](C)[C@@](O)(O2)C(=O)C(=O)N2CCCC[C@H]2C(=O)O[C@H]([C@H](N)C[C@@H]2CC[C@@H](OCCCCc3cn(CCOCCOCCOCCOCCOCCOCCC(=O)N4CCN(c5ccc(-n6c(=O)n(C)c7cnc8ccc(-c9ccc(OC)nc9)cc8c76)cc5C(F)(F)F)CC4)nn3)[C@H](OC)C2)CC(=O)[C@H](C)/C=C(\C)[C@@H](O)[C@@H](C)C(=O)[C@H](C)C[C@H](C)/C=C/C=C/C=C/1C. The van der Waals surface area contributed by atoms with Crippen molar-refractivity contribution in [1.29, 1.82) is 0 Å². The molecule has 0 radical (unpaired) electrons. The van der Waals surface area contributed by atoms with Crippen molar-refractivity contribution in [3.63, 3.8) is 0 Å². The van der Waals surface area contributed by atoms with Crippen LogP contribution in [0.1, 0.15) is 156 Å². The molecule has 8 heterocycles. The molecule has 2 aromatic carbocycles. The molecule has 34 nitrogen and oxygen atoms in total. The highest BCUT2D eigenvalue weighted by Gasteiger charge is 2.54. The molecule has 2 bridgehead atoms. The quantitative estimate of drug-likeness (QED) is 0.0123. The molecule has 5 N–H and O–H groups in total. The van der Waals surface area contributed by atoms with E-state index in [1.807, 2.05) is 69.5 Å². The van der Waals surface area contributed by atoms with E-state index in [0.29, 0.717) is 176 Å². The van der Waals surface area contributed by atoms with Crippen LogP contribution in [0.2, 0.25) is 0 Å². The Morgan fingerprint density at radius 3 is 2.09 bits per heavy atom. The number of aromatic nitrogens is 7. The van der Waals surface area contributed by atoms with Crippen LogP contribution in [-0.2, 0) is 107 Å². The molecule has 752 valence electrons. The molecule has 11 rings (SSSR count). The first-order chi connectivity index (χ1) is 65.8. The standard InChI is InChI=1S/C100H139F3N12O22/c1-64-19-13-12-14-20-65(2)81(107-97(123)128-11)59-76-28-23-69(6)99(125,137-76)94(120)95(121)114-34-17-15-22-83(114)96(122)136-87(60-85(116)66(3)54-68(5)93(119)70(7)92(118)67(4)53-64)79(104)55-71-24-31-86(88(56-71)126-9)135-40-18-16-21-74-63-113(109-108-74)39-42-130-44-46-132-48-50-134-52-51-133-49-47-131-45-43-129-41-33-90(117)112-37-35-111(36-38-112)82-30-27-75(58-78(82)100(101,102)103)115-91-77-57-72(73-26-32-89(127-10)106-61-73)25-29-80(77)105-62-84(91)110(8)98(115)124/h12-14,19-20,25-27,29-30,32,54,57-58,61-64,66-67,69-71,76,79,81,83,86-88,93,119,125H,15-18,21-24,28,31,33-53,55-56,59-60,104H2,1-11H3,(H,107,123)/b14-12+,19-13+,65-20+,68-54+/t64-,66-,67-,69-,70+,71+,76+,79-,81+,83+,86-,87+,88-,93-,99-/m1/s1. The topological polar surface area (TPSA) is 402 Å². The molecule has 15 atom stereocenters. The number of anilines is 1. The van der Waals surface area contributed by atoms with Crippen molar-refractivity contribution in [2.24, 2.45) is 48.3 Å². The molecule has 5 aliphatic rings. The number of carbonyl (C=O) groups is 7. The number of aliphatic hydroxyl groups is 2. The van der Waals surface area contributed by atoms with Crippen LogP contribution in [-0.4, -0.2) is 290 Å². The molecular weight excluding hydrogens is 1780 g/mol. The van der Waals surface area contributed by atoms with Crippen molar-refractivity contribution in [2.75, 3.05) is 145 Å². The fourth-order valence-corrected chi connectivity index (χ4v) is 18.6. The Kier molecular flexibility index (Phi) is 41.0. The maximum atomic E-state index is 15.0. The van der Waals surface area contributed by atoms with E-state index in [4.69, 9.17) is 62.6 Å². The number of halogens is 3. The molecule has 3 amide bonds. The smallest absolute Gasteiger partial charge is 0.418 e. The minimum Gasteiger partial charge on any atom is -0.481 e. The number of imidazole rings is 1. The van der Waals surface area contributed by atoms with Crippen LogP contribution in [0.5, 0.6) is 5.88 Å².